The summed E-state index contributed by atoms with van der Waals surface area (Å²) in [5, 5.41) is 0. The summed E-state index contributed by atoms with van der Waals surface area (Å²) in [6.07, 6.45) is 20.3. The Balaban J connectivity index is 1.36. The minimum atomic E-state index is -0.632. The SMILES string of the molecule is CCCCCCc1ccc(N(c2ccc(CCCCCC)cc2)c2c3nc(c(-c4cc(C(C)(C)C)cc(C(C)(C)C)c4)c4ccc([nH]4)c(C#Cc4ccc(C(=O)OCC)c(C(=O)OCC)c4)c4nc(c(-c5cc(C(C)(C)C)cc(C(C)(C)C)c5)c5ccc2[nH]5)C=C4)C=C3)cc1. The van der Waals surface area contributed by atoms with E-state index in [0.29, 0.717) is 16.8 Å². The number of aryl methyl sites for hydroxylation is 2. The molecule has 0 unspecified atom stereocenters. The number of rotatable bonds is 19. The van der Waals surface area contributed by atoms with Crippen molar-refractivity contribution in [2.24, 2.45) is 0 Å². The Morgan fingerprint density at radius 2 is 0.832 bits per heavy atom. The molecule has 0 aliphatic carbocycles. The van der Waals surface area contributed by atoms with Gasteiger partial charge in [-0.1, -0.05) is 208 Å². The average Bonchev–Trinajstić information content (AvgIpc) is 1.66. The van der Waals surface area contributed by atoms with E-state index in [0.717, 1.165) is 104 Å². The van der Waals surface area contributed by atoms with Gasteiger partial charge >= 0.3 is 11.9 Å². The second-order valence-electron chi connectivity index (χ2n) is 29.8. The van der Waals surface area contributed by atoms with Crippen LogP contribution in [0.25, 0.3) is 68.6 Å². The van der Waals surface area contributed by atoms with Gasteiger partial charge in [0.1, 0.15) is 0 Å². The summed E-state index contributed by atoms with van der Waals surface area (Å²) < 4.78 is 10.9. The number of unbranched alkanes of at least 4 members (excludes halogenated alkanes) is 6. The molecule has 0 fully saturated rings. The molecule has 95 heavy (non-hydrogen) atoms. The molecule has 10 rings (SSSR count). The van der Waals surface area contributed by atoms with Gasteiger partial charge in [-0.25, -0.2) is 19.6 Å². The van der Waals surface area contributed by atoms with Gasteiger partial charge in [-0.2, -0.15) is 0 Å². The van der Waals surface area contributed by atoms with Crippen molar-refractivity contribution in [3.63, 3.8) is 0 Å². The number of carbonyl (C=O) groups excluding carboxylic acids is 2. The Hall–Kier alpha value is -9.00. The topological polar surface area (TPSA) is 113 Å². The van der Waals surface area contributed by atoms with Crippen LogP contribution in [0.5, 0.6) is 0 Å². The Labute approximate surface area is 566 Å². The van der Waals surface area contributed by atoms with Crippen molar-refractivity contribution in [2.75, 3.05) is 18.1 Å². The molecule has 8 aromatic rings. The zero-order valence-electron chi connectivity index (χ0n) is 59.4. The number of H-pyrrole nitrogens is 2. The van der Waals surface area contributed by atoms with Crippen molar-refractivity contribution in [1.82, 2.24) is 19.9 Å². The number of ether oxygens (including phenoxy) is 2. The number of carbonyl (C=O) groups is 2. The number of aromatic nitrogens is 4. The highest BCUT2D eigenvalue weighted by atomic mass is 16.5. The summed E-state index contributed by atoms with van der Waals surface area (Å²) in [4.78, 5) is 48.9. The van der Waals surface area contributed by atoms with E-state index >= 15 is 0 Å². The molecular weight excluding hydrogens is 1170 g/mol. The van der Waals surface area contributed by atoms with Crippen molar-refractivity contribution < 1.29 is 19.1 Å². The minimum absolute atomic E-state index is 0.0845. The Morgan fingerprint density at radius 3 is 1.28 bits per heavy atom. The largest absolute Gasteiger partial charge is 0.462 e. The lowest BCUT2D eigenvalue weighted by molar-refractivity contribution is 0.0479. The molecule has 492 valence electrons. The number of anilines is 3. The molecule has 0 saturated heterocycles. The van der Waals surface area contributed by atoms with Crippen LogP contribution in [0.4, 0.5) is 17.1 Å². The molecule has 0 saturated carbocycles. The molecule has 5 aromatic carbocycles. The Morgan fingerprint density at radius 1 is 0.421 bits per heavy atom. The highest BCUT2D eigenvalue weighted by molar-refractivity contribution is 6.04. The molecule has 2 N–H and O–H groups in total. The lowest BCUT2D eigenvalue weighted by Crippen LogP contribution is -2.16. The van der Waals surface area contributed by atoms with Gasteiger partial charge in [0, 0.05) is 39.1 Å². The van der Waals surface area contributed by atoms with Crippen molar-refractivity contribution in [1.29, 1.82) is 0 Å². The maximum Gasteiger partial charge on any atom is 0.339 e. The van der Waals surface area contributed by atoms with Gasteiger partial charge in [0.15, 0.2) is 0 Å². The molecule has 0 spiro atoms. The first-order valence-corrected chi connectivity index (χ1v) is 34.7. The number of aromatic amines is 2. The van der Waals surface area contributed by atoms with E-state index in [1.807, 2.05) is 0 Å². The van der Waals surface area contributed by atoms with E-state index in [1.54, 1.807) is 32.0 Å². The fourth-order valence-electron chi connectivity index (χ4n) is 12.5. The third kappa shape index (κ3) is 16.1. The second-order valence-corrected chi connectivity index (χ2v) is 29.8. The van der Waals surface area contributed by atoms with Gasteiger partial charge in [-0.05, 0) is 197 Å². The summed E-state index contributed by atoms with van der Waals surface area (Å²) in [6, 6.07) is 46.2. The van der Waals surface area contributed by atoms with Crippen molar-refractivity contribution in [3.8, 4) is 34.1 Å². The zero-order valence-corrected chi connectivity index (χ0v) is 59.4. The van der Waals surface area contributed by atoms with Crippen LogP contribution in [-0.4, -0.2) is 45.1 Å². The molecule has 2 aliphatic rings. The van der Waals surface area contributed by atoms with E-state index in [2.05, 4.69) is 257 Å². The van der Waals surface area contributed by atoms with E-state index < -0.39 is 11.9 Å². The first-order chi connectivity index (χ1) is 45.3. The second kappa shape index (κ2) is 28.9. The minimum Gasteiger partial charge on any atom is -0.462 e. The van der Waals surface area contributed by atoms with E-state index in [9.17, 15) is 9.59 Å². The smallest absolute Gasteiger partial charge is 0.339 e. The molecule has 8 bridgehead atoms. The van der Waals surface area contributed by atoms with Crippen molar-refractivity contribution in [3.05, 3.63) is 206 Å². The molecule has 2 aliphatic heterocycles. The van der Waals surface area contributed by atoms with E-state index in [-0.39, 0.29) is 46.0 Å². The van der Waals surface area contributed by atoms with Crippen LogP contribution in [0.3, 0.4) is 0 Å². The van der Waals surface area contributed by atoms with Gasteiger partial charge in [-0.3, -0.25) is 0 Å². The number of esters is 2. The van der Waals surface area contributed by atoms with Crippen molar-refractivity contribution >= 4 is 75.4 Å². The Bertz CT molecular complexity index is 4240. The van der Waals surface area contributed by atoms with Crippen LogP contribution in [0, 0.1) is 11.8 Å². The molecule has 9 heteroatoms. The Kier molecular flexibility index (Phi) is 21.0. The molecule has 0 radical (unpaired) electrons. The van der Waals surface area contributed by atoms with Crippen LogP contribution >= 0.6 is 0 Å². The van der Waals surface area contributed by atoms with Crippen LogP contribution < -0.4 is 4.90 Å². The molecule has 3 aromatic heterocycles. The summed E-state index contributed by atoms with van der Waals surface area (Å²) >= 11 is 0. The third-order valence-electron chi connectivity index (χ3n) is 18.2. The summed E-state index contributed by atoms with van der Waals surface area (Å²) in [5.41, 5.74) is 21.4. The van der Waals surface area contributed by atoms with Crippen LogP contribution in [0.2, 0.25) is 0 Å². The zero-order chi connectivity index (χ0) is 68.0. The number of benzene rings is 5. The summed E-state index contributed by atoms with van der Waals surface area (Å²) in [7, 11) is 0. The summed E-state index contributed by atoms with van der Waals surface area (Å²) in [5.74, 6) is 5.74. The molecule has 5 heterocycles. The van der Waals surface area contributed by atoms with Crippen molar-refractivity contribution in [2.45, 2.75) is 197 Å². The number of nitrogens with one attached hydrogen (secondary N) is 2. The highest BCUT2D eigenvalue weighted by Gasteiger charge is 2.28. The van der Waals surface area contributed by atoms with E-state index in [4.69, 9.17) is 19.4 Å². The quantitative estimate of drug-likeness (QED) is 0.0471. The van der Waals surface area contributed by atoms with E-state index in [1.165, 1.54) is 71.9 Å². The number of hydrogen-bond donors (Lipinski definition) is 2. The number of hydrogen-bond acceptors (Lipinski definition) is 7. The lowest BCUT2D eigenvalue weighted by atomic mass is 9.78. The van der Waals surface area contributed by atoms with Gasteiger partial charge in [0.2, 0.25) is 0 Å². The third-order valence-corrected chi connectivity index (χ3v) is 18.2. The fraction of sp³-hybridized carbons (Fsp3) is 0.372. The number of fused-ring (bicyclic) bond motifs is 8. The molecule has 9 nitrogen and oxygen atoms in total. The summed E-state index contributed by atoms with van der Waals surface area (Å²) in [6.45, 7) is 35.6. The standard InChI is InChI=1S/C86H99N5O4/c1-17-21-23-25-27-56-29-35-65(36-30-56)91(66-37-31-57(32-38-66)28-26-24-22-18-2)80-76-47-45-74(89-76)78(59-50-61(83(5,6)7)54-62(51-59)84(8,9)10)72-43-41-70(87-72)68(40-34-58-33-39-67(81(92)94-19-3)69(49-58)82(93)95-20-4)71-42-44-73(88-71)79(75-46-48-77(80)90-75)60-52-63(85(11,12)13)55-64(53-60)86(14,15)16/h29-33,35-39,41-55,87,90H,17-28H2,1-16H3. The predicted molar refractivity (Wildman–Crippen MR) is 399 cm³/mol. The van der Waals surface area contributed by atoms with Crippen LogP contribution in [0.15, 0.2) is 127 Å². The first-order valence-electron chi connectivity index (χ1n) is 34.7. The van der Waals surface area contributed by atoms with Crippen LogP contribution in [-0.2, 0) is 44.0 Å². The predicted octanol–water partition coefficient (Wildman–Crippen LogP) is 22.6. The maximum absolute atomic E-state index is 13.6. The van der Waals surface area contributed by atoms with Gasteiger partial charge in [0.25, 0.3) is 0 Å². The highest BCUT2D eigenvalue weighted by Crippen LogP contribution is 2.45. The van der Waals surface area contributed by atoms with Gasteiger partial charge in [-0.15, -0.1) is 0 Å². The fourth-order valence-corrected chi connectivity index (χ4v) is 12.5. The lowest BCUT2D eigenvalue weighted by Gasteiger charge is -2.27. The normalized spacial score (nSPS) is 12.4. The monoisotopic (exact) mass is 1270 g/mol. The molecule has 0 atom stereocenters. The van der Waals surface area contributed by atoms with Crippen LogP contribution in [0.1, 0.15) is 250 Å². The maximum atomic E-state index is 13.6. The number of nitrogens with zero attached hydrogens (tertiary/aromatic N) is 3. The average molecular weight is 1270 g/mol. The van der Waals surface area contributed by atoms with Gasteiger partial charge in [0.05, 0.1) is 69.4 Å². The first kappa shape index (κ1) is 68.8. The molecular formula is C86H99N5O4. The van der Waals surface area contributed by atoms with Gasteiger partial charge < -0.3 is 24.3 Å². The molecule has 0 amide bonds.